The van der Waals surface area contributed by atoms with Gasteiger partial charge in [0.25, 0.3) is 5.91 Å². The lowest BCUT2D eigenvalue weighted by Crippen LogP contribution is -2.37. The molecule has 0 bridgehead atoms. The normalized spacial score (nSPS) is 14.9. The summed E-state index contributed by atoms with van der Waals surface area (Å²) >= 11 is 0. The third-order valence-electron chi connectivity index (χ3n) is 6.78. The molecule has 0 aromatic carbocycles. The van der Waals surface area contributed by atoms with Gasteiger partial charge in [-0.1, -0.05) is 67.7 Å². The molecular formula is C35H51N3O3. The highest BCUT2D eigenvalue weighted by atomic mass is 16.5. The molecule has 0 atom stereocenters. The first kappa shape index (κ1) is 34.1. The van der Waals surface area contributed by atoms with Gasteiger partial charge in [-0.05, 0) is 63.5 Å². The van der Waals surface area contributed by atoms with E-state index in [2.05, 4.69) is 82.9 Å². The van der Waals surface area contributed by atoms with Crippen molar-refractivity contribution in [1.29, 1.82) is 0 Å². The summed E-state index contributed by atoms with van der Waals surface area (Å²) < 4.78 is 5.38. The number of carbonyl (C=O) groups excluding carboxylic acids is 2. The molecular weight excluding hydrogens is 510 g/mol. The second-order valence-electron chi connectivity index (χ2n) is 10.2. The second kappa shape index (κ2) is 23.6. The molecule has 1 fully saturated rings. The predicted molar refractivity (Wildman–Crippen MR) is 170 cm³/mol. The summed E-state index contributed by atoms with van der Waals surface area (Å²) in [5.74, 6) is 0.126. The minimum Gasteiger partial charge on any atom is -0.379 e. The Kier molecular flexibility index (Phi) is 19.6. The van der Waals surface area contributed by atoms with Gasteiger partial charge in [-0.25, -0.2) is 0 Å². The lowest BCUT2D eigenvalue weighted by atomic mass is 10.1. The maximum Gasteiger partial charge on any atom is 0.252 e. The number of Topliss-reactive ketones (excluding diaryl/α,β-unsaturated/α-hetero) is 1. The molecule has 0 saturated carbocycles. The van der Waals surface area contributed by atoms with E-state index in [-0.39, 0.29) is 11.7 Å². The van der Waals surface area contributed by atoms with E-state index in [0.29, 0.717) is 31.4 Å². The van der Waals surface area contributed by atoms with Gasteiger partial charge in [0.05, 0.1) is 18.8 Å². The monoisotopic (exact) mass is 561 g/mol. The number of ether oxygens (including phenoxy) is 1. The molecule has 1 aromatic rings. The average molecular weight is 562 g/mol. The molecule has 0 radical (unpaired) electrons. The number of carbonyl (C=O) groups is 2. The third-order valence-corrected chi connectivity index (χ3v) is 6.78. The van der Waals surface area contributed by atoms with Gasteiger partial charge >= 0.3 is 0 Å². The molecule has 224 valence electrons. The maximum atomic E-state index is 12.4. The predicted octanol–water partition coefficient (Wildman–Crippen LogP) is 6.96. The summed E-state index contributed by atoms with van der Waals surface area (Å²) in [7, 11) is 0. The fourth-order valence-electron chi connectivity index (χ4n) is 4.30. The topological polar surface area (TPSA) is 71.5 Å². The van der Waals surface area contributed by atoms with Gasteiger partial charge < -0.3 is 10.1 Å². The van der Waals surface area contributed by atoms with Crippen LogP contribution in [0.2, 0.25) is 0 Å². The van der Waals surface area contributed by atoms with E-state index in [9.17, 15) is 9.59 Å². The molecule has 41 heavy (non-hydrogen) atoms. The van der Waals surface area contributed by atoms with Crippen molar-refractivity contribution in [2.75, 3.05) is 39.4 Å². The number of pyridine rings is 1. The fraction of sp³-hybridized carbons (Fsp3) is 0.514. The zero-order valence-corrected chi connectivity index (χ0v) is 25.1. The van der Waals surface area contributed by atoms with Crippen molar-refractivity contribution in [3.63, 3.8) is 0 Å². The van der Waals surface area contributed by atoms with Crippen LogP contribution in [0.4, 0.5) is 0 Å². The number of hydrogen-bond donors (Lipinski definition) is 1. The number of hydrogen-bond acceptors (Lipinski definition) is 5. The maximum absolute atomic E-state index is 12.4. The van der Waals surface area contributed by atoms with Gasteiger partial charge in [-0.15, -0.1) is 0 Å². The summed E-state index contributed by atoms with van der Waals surface area (Å²) in [6, 6.07) is 3.76. The SMILES string of the molecule is CC/C=C\C/C=C\C/C=C\C/C=C\C/C=C\CCCC(=O)CCCNC(=O)c1ccc(CCN2CCOCC2)nc1. The van der Waals surface area contributed by atoms with Gasteiger partial charge in [-0.2, -0.15) is 0 Å². The number of nitrogens with one attached hydrogen (secondary N) is 1. The summed E-state index contributed by atoms with van der Waals surface area (Å²) in [4.78, 5) is 31.3. The van der Waals surface area contributed by atoms with Crippen molar-refractivity contribution in [2.24, 2.45) is 0 Å². The van der Waals surface area contributed by atoms with E-state index in [1.54, 1.807) is 6.20 Å². The number of amides is 1. The quantitative estimate of drug-likeness (QED) is 0.130. The molecule has 1 aliphatic rings. The van der Waals surface area contributed by atoms with Crippen LogP contribution < -0.4 is 5.32 Å². The number of aromatic nitrogens is 1. The number of rotatable bonds is 21. The Morgan fingerprint density at radius 3 is 2.07 bits per heavy atom. The van der Waals surface area contributed by atoms with E-state index >= 15 is 0 Å². The van der Waals surface area contributed by atoms with Crippen LogP contribution in [0.3, 0.4) is 0 Å². The van der Waals surface area contributed by atoms with Crippen molar-refractivity contribution in [2.45, 2.75) is 77.6 Å². The number of nitrogens with zero attached hydrogens (tertiary/aromatic N) is 2. The van der Waals surface area contributed by atoms with Crippen LogP contribution in [0.15, 0.2) is 79.1 Å². The number of allylic oxidation sites excluding steroid dienone is 10. The fourth-order valence-corrected chi connectivity index (χ4v) is 4.30. The molecule has 0 aliphatic carbocycles. The van der Waals surface area contributed by atoms with Crippen LogP contribution in [0.25, 0.3) is 0 Å². The standard InChI is InChI=1S/C35H51N3O3/c1-2-3-4-5-6-7-8-9-10-11-12-13-14-15-16-17-18-20-34(39)21-19-25-36-35(40)32-22-23-33(37-31-32)24-26-38-27-29-41-30-28-38/h3-4,6-7,9-10,12-13,15-16,22-23,31H,2,5,8,11,14,17-21,24-30H2,1H3,(H,36,40)/b4-3-,7-6-,10-9-,13-12-,16-15-. The highest BCUT2D eigenvalue weighted by Gasteiger charge is 2.11. The summed E-state index contributed by atoms with van der Waals surface area (Å²) in [6.07, 6.45) is 33.0. The van der Waals surface area contributed by atoms with Gasteiger partial charge in [0.1, 0.15) is 5.78 Å². The minimum atomic E-state index is -0.136. The van der Waals surface area contributed by atoms with Crippen molar-refractivity contribution >= 4 is 11.7 Å². The molecule has 1 amide bonds. The molecule has 1 N–H and O–H groups in total. The number of ketones is 1. The Balaban J connectivity index is 1.43. The second-order valence-corrected chi connectivity index (χ2v) is 10.2. The molecule has 6 nitrogen and oxygen atoms in total. The number of unbranched alkanes of at least 4 members (excludes halogenated alkanes) is 1. The van der Waals surface area contributed by atoms with Crippen LogP contribution in [0.5, 0.6) is 0 Å². The van der Waals surface area contributed by atoms with E-state index in [1.807, 2.05) is 12.1 Å². The summed E-state index contributed by atoms with van der Waals surface area (Å²) in [5, 5.41) is 2.90. The van der Waals surface area contributed by atoms with E-state index in [1.165, 1.54) is 0 Å². The lowest BCUT2D eigenvalue weighted by molar-refractivity contribution is -0.119. The largest absolute Gasteiger partial charge is 0.379 e. The molecule has 0 spiro atoms. The first-order valence-electron chi connectivity index (χ1n) is 15.5. The van der Waals surface area contributed by atoms with Crippen LogP contribution >= 0.6 is 0 Å². The van der Waals surface area contributed by atoms with Crippen molar-refractivity contribution in [3.05, 3.63) is 90.3 Å². The molecule has 2 heterocycles. The summed E-state index contributed by atoms with van der Waals surface area (Å²) in [5.41, 5.74) is 1.55. The first-order chi connectivity index (χ1) is 20.2. The zero-order valence-electron chi connectivity index (χ0n) is 25.1. The third kappa shape index (κ3) is 18.1. The Bertz CT molecular complexity index is 986. The Morgan fingerprint density at radius 2 is 1.46 bits per heavy atom. The van der Waals surface area contributed by atoms with Crippen LogP contribution in [-0.4, -0.2) is 61.0 Å². The van der Waals surface area contributed by atoms with E-state index in [0.717, 1.165) is 89.9 Å². The minimum absolute atomic E-state index is 0.136. The van der Waals surface area contributed by atoms with Crippen LogP contribution in [0.1, 0.15) is 87.2 Å². The first-order valence-corrected chi connectivity index (χ1v) is 15.5. The molecule has 0 unspecified atom stereocenters. The molecule has 2 rings (SSSR count). The van der Waals surface area contributed by atoms with Crippen molar-refractivity contribution < 1.29 is 14.3 Å². The van der Waals surface area contributed by atoms with Crippen LogP contribution in [0, 0.1) is 0 Å². The molecule has 1 aromatic heterocycles. The highest BCUT2D eigenvalue weighted by molar-refractivity contribution is 5.93. The molecule has 1 saturated heterocycles. The van der Waals surface area contributed by atoms with Crippen molar-refractivity contribution in [1.82, 2.24) is 15.2 Å². The van der Waals surface area contributed by atoms with E-state index in [4.69, 9.17) is 4.74 Å². The average Bonchev–Trinajstić information content (AvgIpc) is 3.00. The van der Waals surface area contributed by atoms with E-state index < -0.39 is 0 Å². The number of morpholine rings is 1. The Labute approximate surface area is 248 Å². The van der Waals surface area contributed by atoms with Crippen molar-refractivity contribution in [3.8, 4) is 0 Å². The van der Waals surface area contributed by atoms with Gasteiger partial charge in [0.2, 0.25) is 0 Å². The Morgan fingerprint density at radius 1 is 0.854 bits per heavy atom. The zero-order chi connectivity index (χ0) is 29.2. The van der Waals surface area contributed by atoms with Crippen LogP contribution in [-0.2, 0) is 16.0 Å². The highest BCUT2D eigenvalue weighted by Crippen LogP contribution is 2.06. The molecule has 1 aliphatic heterocycles. The molecule has 6 heteroatoms. The lowest BCUT2D eigenvalue weighted by Gasteiger charge is -2.26. The Hall–Kier alpha value is -3.09. The summed E-state index contributed by atoms with van der Waals surface area (Å²) in [6.45, 7) is 7.13. The van der Waals surface area contributed by atoms with Gasteiger partial charge in [0.15, 0.2) is 0 Å². The van der Waals surface area contributed by atoms with Gasteiger partial charge in [-0.3, -0.25) is 19.5 Å². The smallest absolute Gasteiger partial charge is 0.252 e. The van der Waals surface area contributed by atoms with Gasteiger partial charge in [0, 0.05) is 57.3 Å².